The molecular weight excluding hydrogens is 214 g/mol. The summed E-state index contributed by atoms with van der Waals surface area (Å²) in [5.74, 6) is 0.994. The van der Waals surface area contributed by atoms with Crippen LogP contribution in [0.5, 0.6) is 0 Å². The van der Waals surface area contributed by atoms with Crippen LogP contribution < -0.4 is 11.1 Å². The highest BCUT2D eigenvalue weighted by atomic mass is 16.2. The SMILES string of the molecule is CCC(C)(C)C1CCC2(CC1)N=C(N)NC2=O. The molecule has 3 N–H and O–H groups in total. The van der Waals surface area contributed by atoms with Crippen molar-refractivity contribution >= 4 is 11.9 Å². The van der Waals surface area contributed by atoms with Crippen LogP contribution in [0.4, 0.5) is 0 Å². The van der Waals surface area contributed by atoms with E-state index in [1.54, 1.807) is 0 Å². The third-order valence-corrected chi connectivity index (χ3v) is 4.83. The van der Waals surface area contributed by atoms with Gasteiger partial charge in [-0.3, -0.25) is 10.1 Å². The predicted octanol–water partition coefficient (Wildman–Crippen LogP) is 1.80. The Morgan fingerprint density at radius 1 is 1.47 bits per heavy atom. The number of nitrogens with zero attached hydrogens (tertiary/aromatic N) is 1. The molecule has 0 saturated heterocycles. The summed E-state index contributed by atoms with van der Waals surface area (Å²) in [6.45, 7) is 6.88. The highest BCUT2D eigenvalue weighted by Crippen LogP contribution is 2.45. The number of nitrogens with two attached hydrogens (primary N) is 1. The highest BCUT2D eigenvalue weighted by Gasteiger charge is 2.47. The van der Waals surface area contributed by atoms with Crippen LogP contribution in [0.3, 0.4) is 0 Å². The average Bonchev–Trinajstić information content (AvgIpc) is 2.54. The van der Waals surface area contributed by atoms with Crippen LogP contribution in [0.25, 0.3) is 0 Å². The maximum absolute atomic E-state index is 11.9. The van der Waals surface area contributed by atoms with Gasteiger partial charge in [-0.1, -0.05) is 27.2 Å². The molecular formula is C13H23N3O. The van der Waals surface area contributed by atoms with Crippen molar-refractivity contribution in [1.82, 2.24) is 5.32 Å². The number of hydrogen-bond donors (Lipinski definition) is 2. The second kappa shape index (κ2) is 4.00. The summed E-state index contributed by atoms with van der Waals surface area (Å²) in [4.78, 5) is 16.2. The fraction of sp³-hybridized carbons (Fsp3) is 0.846. The van der Waals surface area contributed by atoms with Gasteiger partial charge in [0.2, 0.25) is 0 Å². The molecule has 1 amide bonds. The monoisotopic (exact) mass is 237 g/mol. The summed E-state index contributed by atoms with van der Waals surface area (Å²) in [5.41, 5.74) is 5.43. The maximum atomic E-state index is 11.9. The topological polar surface area (TPSA) is 67.5 Å². The normalized spacial score (nSPS) is 33.7. The molecule has 2 rings (SSSR count). The fourth-order valence-corrected chi connectivity index (χ4v) is 3.05. The molecule has 1 heterocycles. The summed E-state index contributed by atoms with van der Waals surface area (Å²) in [6, 6.07) is 0. The predicted molar refractivity (Wildman–Crippen MR) is 68.5 cm³/mol. The van der Waals surface area contributed by atoms with Gasteiger partial charge in [0.15, 0.2) is 5.96 Å². The van der Waals surface area contributed by atoms with Gasteiger partial charge in [-0.05, 0) is 37.0 Å². The number of hydrogen-bond acceptors (Lipinski definition) is 3. The third-order valence-electron chi connectivity index (χ3n) is 4.83. The van der Waals surface area contributed by atoms with E-state index >= 15 is 0 Å². The summed E-state index contributed by atoms with van der Waals surface area (Å²) in [7, 11) is 0. The standard InChI is InChI=1S/C13H23N3O/c1-4-12(2,3)9-5-7-13(8-6-9)10(17)15-11(14)16-13/h9H,4-8H2,1-3H3,(H3,14,15,16,17). The third kappa shape index (κ3) is 2.05. The Bertz CT molecular complexity index is 352. The van der Waals surface area contributed by atoms with E-state index in [0.717, 1.165) is 25.7 Å². The van der Waals surface area contributed by atoms with Gasteiger partial charge in [0.25, 0.3) is 5.91 Å². The number of guanidine groups is 1. The van der Waals surface area contributed by atoms with E-state index in [1.807, 2.05) is 0 Å². The molecule has 0 aromatic rings. The molecule has 1 aliphatic heterocycles. The maximum Gasteiger partial charge on any atom is 0.254 e. The summed E-state index contributed by atoms with van der Waals surface area (Å²) in [5, 5.41) is 2.63. The summed E-state index contributed by atoms with van der Waals surface area (Å²) < 4.78 is 0. The van der Waals surface area contributed by atoms with Gasteiger partial charge in [0, 0.05) is 0 Å². The van der Waals surface area contributed by atoms with E-state index in [-0.39, 0.29) is 5.91 Å². The molecule has 2 aliphatic rings. The van der Waals surface area contributed by atoms with Crippen molar-refractivity contribution in [2.24, 2.45) is 22.1 Å². The van der Waals surface area contributed by atoms with Crippen LogP contribution in [0.15, 0.2) is 4.99 Å². The van der Waals surface area contributed by atoms with Crippen molar-refractivity contribution in [2.75, 3.05) is 0 Å². The minimum atomic E-state index is -0.537. The zero-order valence-electron chi connectivity index (χ0n) is 11.0. The molecule has 0 aromatic carbocycles. The van der Waals surface area contributed by atoms with Crippen LogP contribution >= 0.6 is 0 Å². The molecule has 17 heavy (non-hydrogen) atoms. The van der Waals surface area contributed by atoms with Crippen molar-refractivity contribution in [2.45, 2.75) is 58.4 Å². The first kappa shape index (κ1) is 12.4. The molecule has 0 radical (unpaired) electrons. The zero-order chi connectivity index (χ0) is 12.7. The number of nitrogens with one attached hydrogen (secondary N) is 1. The minimum absolute atomic E-state index is 0.00255. The molecule has 1 fully saturated rings. The molecule has 0 aromatic heterocycles. The van der Waals surface area contributed by atoms with E-state index in [2.05, 4.69) is 31.1 Å². The molecule has 4 heteroatoms. The Balaban J connectivity index is 2.06. The summed E-state index contributed by atoms with van der Waals surface area (Å²) >= 11 is 0. The van der Waals surface area contributed by atoms with E-state index in [4.69, 9.17) is 5.73 Å². The fourth-order valence-electron chi connectivity index (χ4n) is 3.05. The molecule has 0 atom stereocenters. The average molecular weight is 237 g/mol. The first-order valence-electron chi connectivity index (χ1n) is 6.56. The molecule has 1 spiro atoms. The van der Waals surface area contributed by atoms with E-state index in [1.165, 1.54) is 6.42 Å². The number of rotatable bonds is 2. The van der Waals surface area contributed by atoms with Crippen molar-refractivity contribution in [3.63, 3.8) is 0 Å². The Hall–Kier alpha value is -1.06. The molecule has 0 bridgehead atoms. The lowest BCUT2D eigenvalue weighted by molar-refractivity contribution is -0.125. The molecule has 1 aliphatic carbocycles. The first-order valence-corrected chi connectivity index (χ1v) is 6.56. The van der Waals surface area contributed by atoms with Gasteiger partial charge in [-0.15, -0.1) is 0 Å². The highest BCUT2D eigenvalue weighted by molar-refractivity contribution is 6.06. The lowest BCUT2D eigenvalue weighted by atomic mass is 9.65. The Morgan fingerprint density at radius 2 is 2.06 bits per heavy atom. The number of carbonyl (C=O) groups is 1. The lowest BCUT2D eigenvalue weighted by Crippen LogP contribution is -2.44. The molecule has 96 valence electrons. The van der Waals surface area contributed by atoms with Crippen LogP contribution in [-0.4, -0.2) is 17.4 Å². The smallest absolute Gasteiger partial charge is 0.254 e. The van der Waals surface area contributed by atoms with Gasteiger partial charge in [-0.2, -0.15) is 0 Å². The van der Waals surface area contributed by atoms with Gasteiger partial charge in [-0.25, -0.2) is 4.99 Å². The molecule has 4 nitrogen and oxygen atoms in total. The zero-order valence-corrected chi connectivity index (χ0v) is 11.0. The quantitative estimate of drug-likeness (QED) is 0.769. The van der Waals surface area contributed by atoms with Crippen LogP contribution in [-0.2, 0) is 4.79 Å². The lowest BCUT2D eigenvalue weighted by Gasteiger charge is -2.40. The van der Waals surface area contributed by atoms with Gasteiger partial charge >= 0.3 is 0 Å². The van der Waals surface area contributed by atoms with E-state index in [9.17, 15) is 4.79 Å². The van der Waals surface area contributed by atoms with Crippen molar-refractivity contribution in [1.29, 1.82) is 0 Å². The number of amides is 1. The van der Waals surface area contributed by atoms with E-state index < -0.39 is 5.54 Å². The van der Waals surface area contributed by atoms with Crippen molar-refractivity contribution in [3.8, 4) is 0 Å². The molecule has 1 saturated carbocycles. The Labute approximate surface area is 103 Å². The van der Waals surface area contributed by atoms with E-state index in [0.29, 0.717) is 17.3 Å². The van der Waals surface area contributed by atoms with Crippen LogP contribution in [0.1, 0.15) is 52.9 Å². The Morgan fingerprint density at radius 3 is 2.47 bits per heavy atom. The minimum Gasteiger partial charge on any atom is -0.370 e. The van der Waals surface area contributed by atoms with Crippen molar-refractivity contribution < 1.29 is 4.79 Å². The van der Waals surface area contributed by atoms with Gasteiger partial charge in [0.05, 0.1) is 0 Å². The number of aliphatic imine (C=N–C) groups is 1. The van der Waals surface area contributed by atoms with Crippen LogP contribution in [0.2, 0.25) is 0 Å². The summed E-state index contributed by atoms with van der Waals surface area (Å²) in [6.07, 6.45) is 5.01. The van der Waals surface area contributed by atoms with Gasteiger partial charge < -0.3 is 5.73 Å². The first-order chi connectivity index (χ1) is 7.89. The van der Waals surface area contributed by atoms with Crippen molar-refractivity contribution in [3.05, 3.63) is 0 Å². The second-order valence-electron chi connectivity index (χ2n) is 6.10. The molecule has 0 unspecified atom stereocenters. The number of carbonyl (C=O) groups excluding carboxylic acids is 1. The largest absolute Gasteiger partial charge is 0.370 e. The van der Waals surface area contributed by atoms with Gasteiger partial charge in [0.1, 0.15) is 5.54 Å². The van der Waals surface area contributed by atoms with Crippen LogP contribution in [0, 0.1) is 11.3 Å². The second-order valence-corrected chi connectivity index (χ2v) is 6.10. The Kier molecular flexibility index (Phi) is 2.92.